The monoisotopic (exact) mass is 305 g/mol. The number of nitrogens with one attached hydrogen (secondary N) is 1. The molecule has 2 N–H and O–H groups in total. The van der Waals surface area contributed by atoms with Gasteiger partial charge in [0.2, 0.25) is 5.75 Å². The number of hydrazone groups is 1. The van der Waals surface area contributed by atoms with E-state index >= 15 is 0 Å². The highest BCUT2D eigenvalue weighted by Crippen LogP contribution is 2.32. The van der Waals surface area contributed by atoms with Crippen molar-refractivity contribution in [3.63, 3.8) is 0 Å². The van der Waals surface area contributed by atoms with E-state index in [1.165, 1.54) is 12.3 Å². The lowest BCUT2D eigenvalue weighted by Crippen LogP contribution is -1.94. The van der Waals surface area contributed by atoms with Crippen LogP contribution in [0.5, 0.6) is 5.75 Å². The molecule has 0 aliphatic rings. The molecule has 0 bridgehead atoms. The van der Waals surface area contributed by atoms with Gasteiger partial charge in [-0.05, 0) is 25.1 Å². The highest BCUT2D eigenvalue weighted by molar-refractivity contribution is 6.31. The number of benzene rings is 2. The number of nitro benzene ring substituents is 1. The van der Waals surface area contributed by atoms with Gasteiger partial charge in [0.25, 0.3) is 0 Å². The number of nitro groups is 1. The number of phenols is 1. The lowest BCUT2D eigenvalue weighted by atomic mass is 10.2. The van der Waals surface area contributed by atoms with Crippen molar-refractivity contribution >= 4 is 29.2 Å². The van der Waals surface area contributed by atoms with Gasteiger partial charge in [0, 0.05) is 16.7 Å². The van der Waals surface area contributed by atoms with Gasteiger partial charge in [-0.15, -0.1) is 0 Å². The van der Waals surface area contributed by atoms with Gasteiger partial charge in [-0.25, -0.2) is 0 Å². The van der Waals surface area contributed by atoms with Gasteiger partial charge in [0.05, 0.1) is 16.8 Å². The zero-order chi connectivity index (χ0) is 15.4. The minimum Gasteiger partial charge on any atom is -0.502 e. The van der Waals surface area contributed by atoms with Gasteiger partial charge in [0.15, 0.2) is 0 Å². The number of nitrogens with zero attached hydrogens (tertiary/aromatic N) is 2. The second-order valence-electron chi connectivity index (χ2n) is 4.36. The molecule has 108 valence electrons. The highest BCUT2D eigenvalue weighted by atomic mass is 35.5. The third-order valence-corrected chi connectivity index (χ3v) is 2.95. The Hall–Kier alpha value is -2.60. The number of hydrogen-bond acceptors (Lipinski definition) is 5. The van der Waals surface area contributed by atoms with Crippen molar-refractivity contribution < 1.29 is 10.0 Å². The molecule has 0 unspecified atom stereocenters. The number of rotatable bonds is 4. The standard InChI is InChI=1S/C14H12ClN3O3/c1-9-2-4-12(5-3-9)17-16-8-10-6-11(15)7-13(14(10)19)18(20)21/h2-8,17,19H,1H3. The van der Waals surface area contributed by atoms with Gasteiger partial charge in [0.1, 0.15) is 0 Å². The predicted octanol–water partition coefficient (Wildman–Crippen LogP) is 3.71. The molecule has 0 atom stereocenters. The maximum Gasteiger partial charge on any atom is 0.312 e. The van der Waals surface area contributed by atoms with Crippen molar-refractivity contribution in [3.8, 4) is 5.75 Å². The molecule has 7 heteroatoms. The number of anilines is 1. The van der Waals surface area contributed by atoms with Crippen LogP contribution >= 0.6 is 11.6 Å². The van der Waals surface area contributed by atoms with Crippen LogP contribution < -0.4 is 5.43 Å². The summed E-state index contributed by atoms with van der Waals surface area (Å²) in [5.74, 6) is -0.473. The summed E-state index contributed by atoms with van der Waals surface area (Å²) in [6, 6.07) is 9.99. The molecule has 0 saturated heterocycles. The van der Waals surface area contributed by atoms with Crippen LogP contribution in [0.1, 0.15) is 11.1 Å². The Balaban J connectivity index is 2.21. The lowest BCUT2D eigenvalue weighted by Gasteiger charge is -2.03. The first-order chi connectivity index (χ1) is 9.97. The summed E-state index contributed by atoms with van der Waals surface area (Å²) in [7, 11) is 0. The van der Waals surface area contributed by atoms with Crippen LogP contribution in [0.25, 0.3) is 0 Å². The molecule has 2 aromatic carbocycles. The van der Waals surface area contributed by atoms with E-state index in [1.807, 2.05) is 31.2 Å². The fourth-order valence-corrected chi connectivity index (χ4v) is 1.87. The first-order valence-corrected chi connectivity index (χ1v) is 6.38. The van der Waals surface area contributed by atoms with E-state index in [1.54, 1.807) is 0 Å². The van der Waals surface area contributed by atoms with Crippen LogP contribution in [-0.2, 0) is 0 Å². The van der Waals surface area contributed by atoms with E-state index in [9.17, 15) is 15.2 Å². The topological polar surface area (TPSA) is 87.8 Å². The Bertz CT molecular complexity index is 699. The molecule has 0 aromatic heterocycles. The third kappa shape index (κ3) is 3.70. The molecular formula is C14H12ClN3O3. The molecule has 0 amide bonds. The molecule has 0 spiro atoms. The van der Waals surface area contributed by atoms with Gasteiger partial charge >= 0.3 is 5.69 Å². The second-order valence-corrected chi connectivity index (χ2v) is 4.79. The number of hydrogen-bond donors (Lipinski definition) is 2. The number of halogens is 1. The second kappa shape index (κ2) is 6.23. The van der Waals surface area contributed by atoms with Gasteiger partial charge in [-0.1, -0.05) is 29.3 Å². The normalized spacial score (nSPS) is 10.8. The van der Waals surface area contributed by atoms with Crippen LogP contribution in [0.2, 0.25) is 5.02 Å². The van der Waals surface area contributed by atoms with Crippen molar-refractivity contribution in [2.75, 3.05) is 5.43 Å². The van der Waals surface area contributed by atoms with Crippen molar-refractivity contribution in [2.45, 2.75) is 6.92 Å². The maximum absolute atomic E-state index is 10.8. The van der Waals surface area contributed by atoms with Crippen molar-refractivity contribution in [3.05, 3.63) is 62.7 Å². The van der Waals surface area contributed by atoms with E-state index in [2.05, 4.69) is 10.5 Å². The summed E-state index contributed by atoms with van der Waals surface area (Å²) in [6.07, 6.45) is 1.27. The van der Waals surface area contributed by atoms with Crippen molar-refractivity contribution in [1.82, 2.24) is 0 Å². The third-order valence-electron chi connectivity index (χ3n) is 2.73. The Morgan fingerprint density at radius 3 is 2.62 bits per heavy atom. The van der Waals surface area contributed by atoms with Crippen LogP contribution in [0.3, 0.4) is 0 Å². The van der Waals surface area contributed by atoms with Gasteiger partial charge in [-0.2, -0.15) is 5.10 Å². The summed E-state index contributed by atoms with van der Waals surface area (Å²) in [4.78, 5) is 10.1. The summed E-state index contributed by atoms with van der Waals surface area (Å²) in [5.41, 5.74) is 4.34. The summed E-state index contributed by atoms with van der Waals surface area (Å²) >= 11 is 5.78. The smallest absolute Gasteiger partial charge is 0.312 e. The van der Waals surface area contributed by atoms with Gasteiger partial charge in [-0.3, -0.25) is 15.5 Å². The molecule has 0 radical (unpaired) electrons. The van der Waals surface area contributed by atoms with E-state index in [0.717, 1.165) is 17.3 Å². The van der Waals surface area contributed by atoms with E-state index in [-0.39, 0.29) is 10.6 Å². The lowest BCUT2D eigenvalue weighted by molar-refractivity contribution is -0.385. The SMILES string of the molecule is Cc1ccc(NN=Cc2cc(Cl)cc([N+](=O)[O-])c2O)cc1. The summed E-state index contributed by atoms with van der Waals surface area (Å²) in [6.45, 7) is 1.97. The zero-order valence-corrected chi connectivity index (χ0v) is 11.8. The van der Waals surface area contributed by atoms with Crippen LogP contribution in [-0.4, -0.2) is 16.2 Å². The summed E-state index contributed by atoms with van der Waals surface area (Å²) < 4.78 is 0. The number of phenolic OH excluding ortho intramolecular Hbond substituents is 1. The Morgan fingerprint density at radius 2 is 2.00 bits per heavy atom. The zero-order valence-electron chi connectivity index (χ0n) is 11.1. The van der Waals surface area contributed by atoms with Crippen molar-refractivity contribution in [1.29, 1.82) is 0 Å². The average Bonchev–Trinajstić information content (AvgIpc) is 2.44. The molecule has 2 aromatic rings. The fourth-order valence-electron chi connectivity index (χ4n) is 1.65. The molecule has 0 fully saturated rings. The van der Waals surface area contributed by atoms with Gasteiger partial charge < -0.3 is 5.11 Å². The molecule has 2 rings (SSSR count). The molecule has 0 saturated carbocycles. The predicted molar refractivity (Wildman–Crippen MR) is 82.2 cm³/mol. The Labute approximate surface area is 125 Å². The van der Waals surface area contributed by atoms with Crippen molar-refractivity contribution in [2.24, 2.45) is 5.10 Å². The minimum absolute atomic E-state index is 0.149. The highest BCUT2D eigenvalue weighted by Gasteiger charge is 2.17. The fraction of sp³-hybridized carbons (Fsp3) is 0.0714. The Morgan fingerprint density at radius 1 is 1.33 bits per heavy atom. The van der Waals surface area contributed by atoms with E-state index in [0.29, 0.717) is 0 Å². The molecule has 21 heavy (non-hydrogen) atoms. The quantitative estimate of drug-likeness (QED) is 0.512. The van der Waals surface area contributed by atoms with Crippen LogP contribution in [0.15, 0.2) is 41.5 Å². The minimum atomic E-state index is -0.702. The summed E-state index contributed by atoms with van der Waals surface area (Å²) in [5, 5.41) is 24.7. The van der Waals surface area contributed by atoms with Crippen LogP contribution in [0.4, 0.5) is 11.4 Å². The molecular weight excluding hydrogens is 294 g/mol. The maximum atomic E-state index is 10.8. The average molecular weight is 306 g/mol. The number of aromatic hydroxyl groups is 1. The Kier molecular flexibility index (Phi) is 4.39. The first kappa shape index (κ1) is 14.8. The molecule has 0 aliphatic carbocycles. The largest absolute Gasteiger partial charge is 0.502 e. The van der Waals surface area contributed by atoms with E-state index in [4.69, 9.17) is 11.6 Å². The molecule has 0 heterocycles. The van der Waals surface area contributed by atoms with Crippen LogP contribution in [0, 0.1) is 17.0 Å². The first-order valence-electron chi connectivity index (χ1n) is 6.00. The molecule has 0 aliphatic heterocycles. The molecule has 6 nitrogen and oxygen atoms in total. The number of aryl methyl sites for hydroxylation is 1. The van der Waals surface area contributed by atoms with E-state index < -0.39 is 16.4 Å².